The zero-order chi connectivity index (χ0) is 34.8. The number of amides is 1. The van der Waals surface area contributed by atoms with Crippen LogP contribution in [0.25, 0.3) is 10.8 Å². The molecule has 0 radical (unpaired) electrons. The number of halogens is 1. The standard InChI is InChI=1S/C38H47ClN8O3/c1-26(21-44-17-13-30(23-44)49-3)37(48)47-20-19-46(22-28(47)12-15-40)36-31-14-18-45(34-11-5-8-27-7-4-10-32(39)35(27)34)24-33(31)41-38(42-36)50-25-29-9-6-16-43(29)2/h4-5,7-8,10-11,28-30H,1,6,9,12-14,16-25H2,2-3H3/t28-,29-,30-/m0/s1. The molecule has 50 heavy (non-hydrogen) atoms. The summed E-state index contributed by atoms with van der Waals surface area (Å²) in [5, 5.41) is 12.7. The SMILES string of the molecule is C=C(CN1CC[C@H](OC)C1)C(=O)N1CCN(c2nc(OC[C@@H]3CCCN3C)nc3c2CCN(c2cccc4cccc(Cl)c24)C3)C[C@@H]1CC#N. The predicted molar refractivity (Wildman–Crippen MR) is 196 cm³/mol. The van der Waals surface area contributed by atoms with Gasteiger partial charge in [0.2, 0.25) is 0 Å². The van der Waals surface area contributed by atoms with Crippen molar-refractivity contribution in [2.75, 3.05) is 82.9 Å². The first kappa shape index (κ1) is 34.5. The van der Waals surface area contributed by atoms with Gasteiger partial charge in [0, 0.05) is 81.2 Å². The summed E-state index contributed by atoms with van der Waals surface area (Å²) in [7, 11) is 3.87. The molecule has 4 aliphatic heterocycles. The molecule has 1 amide bonds. The van der Waals surface area contributed by atoms with Gasteiger partial charge in [-0.1, -0.05) is 42.4 Å². The number of nitriles is 1. The van der Waals surface area contributed by atoms with Crippen LogP contribution in [0, 0.1) is 11.3 Å². The number of hydrogen-bond donors (Lipinski definition) is 0. The number of hydrogen-bond acceptors (Lipinski definition) is 10. The molecule has 5 heterocycles. The largest absolute Gasteiger partial charge is 0.462 e. The highest BCUT2D eigenvalue weighted by Crippen LogP contribution is 2.37. The van der Waals surface area contributed by atoms with Crippen molar-refractivity contribution in [1.29, 1.82) is 5.26 Å². The molecule has 0 saturated carbocycles. The van der Waals surface area contributed by atoms with E-state index in [0.29, 0.717) is 57.0 Å². The van der Waals surface area contributed by atoms with E-state index in [9.17, 15) is 10.1 Å². The number of rotatable bonds is 10. The zero-order valence-electron chi connectivity index (χ0n) is 29.2. The number of likely N-dealkylation sites (tertiary alicyclic amines) is 2. The van der Waals surface area contributed by atoms with Gasteiger partial charge in [0.05, 0.1) is 41.9 Å². The first-order valence-electron chi connectivity index (χ1n) is 17.8. The third-order valence-corrected chi connectivity index (χ3v) is 11.2. The summed E-state index contributed by atoms with van der Waals surface area (Å²) in [4.78, 5) is 34.8. The minimum atomic E-state index is -0.289. The van der Waals surface area contributed by atoms with E-state index < -0.39 is 0 Å². The Morgan fingerprint density at radius 1 is 1.04 bits per heavy atom. The van der Waals surface area contributed by atoms with Crippen molar-refractivity contribution in [3.05, 3.63) is 64.8 Å². The predicted octanol–water partition coefficient (Wildman–Crippen LogP) is 4.53. The van der Waals surface area contributed by atoms with E-state index in [2.05, 4.69) is 63.6 Å². The molecule has 0 N–H and O–H groups in total. The normalized spacial score (nSPS) is 22.9. The highest BCUT2D eigenvalue weighted by atomic mass is 35.5. The lowest BCUT2D eigenvalue weighted by Gasteiger charge is -2.43. The number of aromatic nitrogens is 2. The van der Waals surface area contributed by atoms with Crippen LogP contribution in [0.15, 0.2) is 48.6 Å². The van der Waals surface area contributed by atoms with Crippen molar-refractivity contribution < 1.29 is 14.3 Å². The van der Waals surface area contributed by atoms with Crippen LogP contribution >= 0.6 is 11.6 Å². The molecule has 264 valence electrons. The molecule has 11 nitrogen and oxygen atoms in total. The quantitative estimate of drug-likeness (QED) is 0.281. The van der Waals surface area contributed by atoms with Crippen LogP contribution in [0.3, 0.4) is 0 Å². The number of carbonyl (C=O) groups is 1. The van der Waals surface area contributed by atoms with Crippen LogP contribution < -0.4 is 14.5 Å². The lowest BCUT2D eigenvalue weighted by molar-refractivity contribution is -0.130. The van der Waals surface area contributed by atoms with Gasteiger partial charge in [-0.2, -0.15) is 15.2 Å². The van der Waals surface area contributed by atoms with Crippen LogP contribution in [-0.4, -0.2) is 122 Å². The second-order valence-electron chi connectivity index (χ2n) is 14.1. The van der Waals surface area contributed by atoms with Crippen molar-refractivity contribution in [3.8, 4) is 12.1 Å². The Kier molecular flexibility index (Phi) is 10.4. The van der Waals surface area contributed by atoms with Crippen LogP contribution in [0.2, 0.25) is 5.02 Å². The van der Waals surface area contributed by atoms with Gasteiger partial charge in [0.25, 0.3) is 5.91 Å². The van der Waals surface area contributed by atoms with E-state index in [1.54, 1.807) is 7.11 Å². The molecular formula is C38H47ClN8O3. The minimum Gasteiger partial charge on any atom is -0.462 e. The van der Waals surface area contributed by atoms with E-state index in [1.807, 2.05) is 17.0 Å². The van der Waals surface area contributed by atoms with Crippen LogP contribution in [-0.2, 0) is 22.5 Å². The van der Waals surface area contributed by atoms with Gasteiger partial charge in [0.15, 0.2) is 0 Å². The van der Waals surface area contributed by atoms with E-state index in [1.165, 1.54) is 0 Å². The van der Waals surface area contributed by atoms with Crippen molar-refractivity contribution in [3.63, 3.8) is 0 Å². The van der Waals surface area contributed by atoms with Gasteiger partial charge in [-0.3, -0.25) is 9.69 Å². The fourth-order valence-corrected chi connectivity index (χ4v) is 8.37. The van der Waals surface area contributed by atoms with Crippen molar-refractivity contribution in [1.82, 2.24) is 24.7 Å². The van der Waals surface area contributed by atoms with Crippen molar-refractivity contribution in [2.45, 2.75) is 56.8 Å². The number of fused-ring (bicyclic) bond motifs is 2. The Balaban J connectivity index is 1.14. The number of benzene rings is 2. The maximum Gasteiger partial charge on any atom is 0.318 e. The van der Waals surface area contributed by atoms with Crippen LogP contribution in [0.4, 0.5) is 11.5 Å². The Labute approximate surface area is 300 Å². The lowest BCUT2D eigenvalue weighted by Crippen LogP contribution is -2.56. The smallest absolute Gasteiger partial charge is 0.318 e. The molecule has 3 atom stereocenters. The molecule has 3 aromatic rings. The Morgan fingerprint density at radius 2 is 1.88 bits per heavy atom. The van der Waals surface area contributed by atoms with Crippen LogP contribution in [0.5, 0.6) is 6.01 Å². The summed E-state index contributed by atoms with van der Waals surface area (Å²) in [5.74, 6) is 0.765. The number of likely N-dealkylation sites (N-methyl/N-ethyl adjacent to an activating group) is 1. The Hall–Kier alpha value is -3.95. The second kappa shape index (κ2) is 15.1. The summed E-state index contributed by atoms with van der Waals surface area (Å²) < 4.78 is 11.9. The zero-order valence-corrected chi connectivity index (χ0v) is 29.9. The lowest BCUT2D eigenvalue weighted by atomic mass is 10.0. The molecule has 3 saturated heterocycles. The number of piperazine rings is 1. The molecule has 0 aliphatic carbocycles. The topological polar surface area (TPSA) is 101 Å². The minimum absolute atomic E-state index is 0.0791. The molecule has 7 rings (SSSR count). The summed E-state index contributed by atoms with van der Waals surface area (Å²) in [6, 6.07) is 15.1. The van der Waals surface area contributed by atoms with Crippen molar-refractivity contribution in [2.24, 2.45) is 0 Å². The first-order chi connectivity index (χ1) is 24.3. The molecule has 0 spiro atoms. The highest BCUT2D eigenvalue weighted by Gasteiger charge is 2.36. The van der Waals surface area contributed by atoms with Crippen LogP contribution in [0.1, 0.15) is 36.9 Å². The van der Waals surface area contributed by atoms with E-state index >= 15 is 0 Å². The molecule has 1 aromatic heterocycles. The molecular weight excluding hydrogens is 652 g/mol. The Morgan fingerprint density at radius 3 is 2.64 bits per heavy atom. The molecule has 3 fully saturated rings. The van der Waals surface area contributed by atoms with E-state index in [-0.39, 0.29) is 24.5 Å². The van der Waals surface area contributed by atoms with Gasteiger partial charge in [-0.25, -0.2) is 0 Å². The fourth-order valence-electron chi connectivity index (χ4n) is 8.09. The van der Waals surface area contributed by atoms with Gasteiger partial charge in [0.1, 0.15) is 12.4 Å². The van der Waals surface area contributed by atoms with Gasteiger partial charge in [-0.05, 0) is 56.8 Å². The highest BCUT2D eigenvalue weighted by molar-refractivity contribution is 6.36. The third kappa shape index (κ3) is 7.12. The average molecular weight is 699 g/mol. The summed E-state index contributed by atoms with van der Waals surface area (Å²) >= 11 is 6.75. The van der Waals surface area contributed by atoms with E-state index in [4.69, 9.17) is 31.0 Å². The number of ether oxygens (including phenoxy) is 2. The number of carbonyl (C=O) groups excluding carboxylic acids is 1. The maximum absolute atomic E-state index is 13.8. The van der Waals surface area contributed by atoms with Gasteiger partial charge >= 0.3 is 6.01 Å². The first-order valence-corrected chi connectivity index (χ1v) is 18.2. The van der Waals surface area contributed by atoms with Gasteiger partial charge in [-0.15, -0.1) is 0 Å². The molecule has 0 bridgehead atoms. The maximum atomic E-state index is 13.8. The monoisotopic (exact) mass is 698 g/mol. The third-order valence-electron chi connectivity index (χ3n) is 10.9. The summed E-state index contributed by atoms with van der Waals surface area (Å²) in [6.45, 7) is 10.9. The van der Waals surface area contributed by atoms with Crippen molar-refractivity contribution >= 4 is 39.8 Å². The summed E-state index contributed by atoms with van der Waals surface area (Å²) in [6.07, 6.45) is 4.36. The molecule has 12 heteroatoms. The fraction of sp³-hybridized carbons (Fsp3) is 0.526. The number of anilines is 2. The van der Waals surface area contributed by atoms with E-state index in [0.717, 1.165) is 90.4 Å². The molecule has 2 aromatic carbocycles. The second-order valence-corrected chi connectivity index (χ2v) is 14.5. The number of methoxy groups -OCH3 is 1. The molecule has 0 unspecified atom stereocenters. The average Bonchev–Trinajstić information content (AvgIpc) is 3.77. The summed E-state index contributed by atoms with van der Waals surface area (Å²) in [5.41, 5.74) is 3.67. The van der Waals surface area contributed by atoms with Gasteiger partial charge < -0.3 is 29.1 Å². The number of nitrogens with zero attached hydrogens (tertiary/aromatic N) is 8. The Bertz CT molecular complexity index is 1780. The molecule has 4 aliphatic rings.